The van der Waals surface area contributed by atoms with E-state index >= 15 is 0 Å². The maximum absolute atomic E-state index is 5.96. The molecule has 3 aliphatic carbocycles. The fraction of sp³-hybridized carbons (Fsp3) is 0.647. The molecule has 0 radical (unpaired) electrons. The van der Waals surface area contributed by atoms with Gasteiger partial charge in [0.05, 0.1) is 5.56 Å². The molecular formula is C17H23N3S. The van der Waals surface area contributed by atoms with Gasteiger partial charge in [0, 0.05) is 11.7 Å². The molecule has 0 aliphatic heterocycles. The minimum Gasteiger partial charge on any atom is -0.389 e. The molecule has 3 aliphatic rings. The van der Waals surface area contributed by atoms with Crippen LogP contribution >= 0.6 is 12.2 Å². The third kappa shape index (κ3) is 2.78. The van der Waals surface area contributed by atoms with Crippen LogP contribution in [0.1, 0.15) is 55.3 Å². The average molecular weight is 301 g/mol. The van der Waals surface area contributed by atoms with Crippen LogP contribution in [0.25, 0.3) is 0 Å². The van der Waals surface area contributed by atoms with Crippen LogP contribution in [0, 0.1) is 11.8 Å². The van der Waals surface area contributed by atoms with Gasteiger partial charge in [-0.15, -0.1) is 0 Å². The minimum atomic E-state index is 0.476. The molecule has 21 heavy (non-hydrogen) atoms. The topological polar surface area (TPSA) is 50.9 Å². The highest BCUT2D eigenvalue weighted by molar-refractivity contribution is 7.80. The number of nitrogens with one attached hydrogen (secondary N) is 1. The number of thiocarbonyl (C=S) groups is 1. The molecule has 3 N–H and O–H groups in total. The zero-order chi connectivity index (χ0) is 14.4. The first-order valence-electron chi connectivity index (χ1n) is 8.31. The lowest BCUT2D eigenvalue weighted by Gasteiger charge is -2.23. The summed E-state index contributed by atoms with van der Waals surface area (Å²) < 4.78 is 0. The van der Waals surface area contributed by atoms with Gasteiger partial charge >= 0.3 is 0 Å². The van der Waals surface area contributed by atoms with Crippen molar-refractivity contribution in [2.45, 2.75) is 57.4 Å². The predicted octanol–water partition coefficient (Wildman–Crippen LogP) is 3.20. The molecule has 3 nitrogen and oxygen atoms in total. The van der Waals surface area contributed by atoms with E-state index in [0.29, 0.717) is 11.0 Å². The van der Waals surface area contributed by atoms with Gasteiger partial charge in [0.15, 0.2) is 0 Å². The van der Waals surface area contributed by atoms with Crippen LogP contribution in [-0.2, 0) is 12.8 Å². The van der Waals surface area contributed by atoms with Gasteiger partial charge in [0.25, 0.3) is 0 Å². The molecule has 0 unspecified atom stereocenters. The second kappa shape index (κ2) is 5.24. The lowest BCUT2D eigenvalue weighted by molar-refractivity contribution is 0.564. The number of rotatable bonds is 5. The number of aryl methyl sites for hydroxylation is 2. The molecule has 0 spiro atoms. The van der Waals surface area contributed by atoms with Gasteiger partial charge in [0.1, 0.15) is 10.8 Å². The zero-order valence-corrected chi connectivity index (χ0v) is 13.2. The molecule has 4 rings (SSSR count). The Hall–Kier alpha value is -1.16. The number of nitrogens with two attached hydrogens (primary N) is 1. The standard InChI is InChI=1S/C17H23N3S/c18-16(21)13-9-12-3-1-2-4-14(12)19-17(13)20-15(10-5-6-10)11-7-8-11/h9-11,15H,1-8H2,(H2,18,21)(H,19,20). The highest BCUT2D eigenvalue weighted by Gasteiger charge is 2.42. The number of fused-ring (bicyclic) bond motifs is 1. The highest BCUT2D eigenvalue weighted by atomic mass is 32.1. The Kier molecular flexibility index (Phi) is 3.37. The third-order valence-electron chi connectivity index (χ3n) is 5.13. The summed E-state index contributed by atoms with van der Waals surface area (Å²) in [4.78, 5) is 5.39. The van der Waals surface area contributed by atoms with Gasteiger partial charge in [-0.25, -0.2) is 4.98 Å². The number of anilines is 1. The van der Waals surface area contributed by atoms with Crippen LogP contribution < -0.4 is 11.1 Å². The molecular weight excluding hydrogens is 278 g/mol. The maximum Gasteiger partial charge on any atom is 0.136 e. The summed E-state index contributed by atoms with van der Waals surface area (Å²) in [7, 11) is 0. The van der Waals surface area contributed by atoms with Crippen molar-refractivity contribution in [2.75, 3.05) is 5.32 Å². The molecule has 4 heteroatoms. The molecule has 0 amide bonds. The predicted molar refractivity (Wildman–Crippen MR) is 89.6 cm³/mol. The summed E-state index contributed by atoms with van der Waals surface area (Å²) in [6, 6.07) is 2.79. The Morgan fingerprint density at radius 2 is 1.86 bits per heavy atom. The van der Waals surface area contributed by atoms with Gasteiger partial charge in [-0.1, -0.05) is 12.2 Å². The Labute approximate surface area is 131 Å². The van der Waals surface area contributed by atoms with Gasteiger partial charge in [-0.2, -0.15) is 0 Å². The molecule has 0 atom stereocenters. The fourth-order valence-corrected chi connectivity index (χ4v) is 3.78. The second-order valence-corrected chi connectivity index (χ2v) is 7.35. The van der Waals surface area contributed by atoms with Crippen molar-refractivity contribution in [1.29, 1.82) is 0 Å². The average Bonchev–Trinajstić information content (AvgIpc) is 3.37. The summed E-state index contributed by atoms with van der Waals surface area (Å²) in [6.45, 7) is 0. The summed E-state index contributed by atoms with van der Waals surface area (Å²) in [5.74, 6) is 2.64. The van der Waals surface area contributed by atoms with E-state index in [9.17, 15) is 0 Å². The Balaban J connectivity index is 1.66. The Morgan fingerprint density at radius 1 is 1.19 bits per heavy atom. The summed E-state index contributed by atoms with van der Waals surface area (Å²) in [6.07, 6.45) is 10.2. The van der Waals surface area contributed by atoms with E-state index < -0.39 is 0 Å². The number of pyridine rings is 1. The van der Waals surface area contributed by atoms with Crippen LogP contribution in [0.5, 0.6) is 0 Å². The normalized spacial score (nSPS) is 21.2. The molecule has 0 aromatic carbocycles. The van der Waals surface area contributed by atoms with Crippen LogP contribution in [-0.4, -0.2) is 16.0 Å². The van der Waals surface area contributed by atoms with Gasteiger partial charge in [-0.05, 0) is 74.8 Å². The van der Waals surface area contributed by atoms with E-state index in [2.05, 4.69) is 11.4 Å². The molecule has 1 aromatic rings. The molecule has 0 saturated heterocycles. The van der Waals surface area contributed by atoms with E-state index in [1.54, 1.807) is 0 Å². The van der Waals surface area contributed by atoms with Crippen molar-refractivity contribution in [3.8, 4) is 0 Å². The van der Waals surface area contributed by atoms with Crippen molar-refractivity contribution in [2.24, 2.45) is 17.6 Å². The lowest BCUT2D eigenvalue weighted by atomic mass is 9.94. The van der Waals surface area contributed by atoms with Crippen LogP contribution in [0.3, 0.4) is 0 Å². The van der Waals surface area contributed by atoms with Crippen molar-refractivity contribution in [3.63, 3.8) is 0 Å². The van der Waals surface area contributed by atoms with E-state index in [0.717, 1.165) is 36.1 Å². The fourth-order valence-electron chi connectivity index (χ4n) is 3.62. The van der Waals surface area contributed by atoms with Gasteiger partial charge < -0.3 is 11.1 Å². The molecule has 1 heterocycles. The highest BCUT2D eigenvalue weighted by Crippen LogP contribution is 2.46. The molecule has 2 saturated carbocycles. The minimum absolute atomic E-state index is 0.476. The maximum atomic E-state index is 5.96. The van der Waals surface area contributed by atoms with Crippen molar-refractivity contribution in [1.82, 2.24) is 4.98 Å². The quantitative estimate of drug-likeness (QED) is 0.820. The Morgan fingerprint density at radius 3 is 2.48 bits per heavy atom. The Bertz CT molecular complexity index is 564. The van der Waals surface area contributed by atoms with Gasteiger partial charge in [-0.3, -0.25) is 0 Å². The van der Waals surface area contributed by atoms with E-state index in [1.807, 2.05) is 0 Å². The monoisotopic (exact) mass is 301 g/mol. The largest absolute Gasteiger partial charge is 0.389 e. The van der Waals surface area contributed by atoms with E-state index in [-0.39, 0.29) is 0 Å². The van der Waals surface area contributed by atoms with E-state index in [4.69, 9.17) is 22.9 Å². The van der Waals surface area contributed by atoms with Crippen molar-refractivity contribution >= 4 is 23.0 Å². The molecule has 2 fully saturated rings. The summed E-state index contributed by atoms with van der Waals surface area (Å²) in [5.41, 5.74) is 9.52. The third-order valence-corrected chi connectivity index (χ3v) is 5.35. The second-order valence-electron chi connectivity index (χ2n) is 6.91. The summed E-state index contributed by atoms with van der Waals surface area (Å²) >= 11 is 5.27. The van der Waals surface area contributed by atoms with E-state index in [1.165, 1.54) is 49.8 Å². The molecule has 1 aromatic heterocycles. The molecule has 0 bridgehead atoms. The van der Waals surface area contributed by atoms with Crippen molar-refractivity contribution in [3.05, 3.63) is 22.9 Å². The number of hydrogen-bond acceptors (Lipinski definition) is 3. The summed E-state index contributed by atoms with van der Waals surface area (Å²) in [5, 5.41) is 3.72. The first-order valence-corrected chi connectivity index (χ1v) is 8.72. The van der Waals surface area contributed by atoms with Crippen molar-refractivity contribution < 1.29 is 0 Å². The van der Waals surface area contributed by atoms with Gasteiger partial charge in [0.2, 0.25) is 0 Å². The first-order chi connectivity index (χ1) is 10.2. The SMILES string of the molecule is NC(=S)c1cc2c(nc1NC(C1CC1)C1CC1)CCCC2. The number of nitrogens with zero attached hydrogens (tertiary/aromatic N) is 1. The number of hydrogen-bond donors (Lipinski definition) is 2. The van der Waals surface area contributed by atoms with Crippen LogP contribution in [0.4, 0.5) is 5.82 Å². The smallest absolute Gasteiger partial charge is 0.136 e. The zero-order valence-electron chi connectivity index (χ0n) is 12.4. The van der Waals surface area contributed by atoms with Crippen LogP contribution in [0.2, 0.25) is 0 Å². The molecule has 112 valence electrons. The van der Waals surface area contributed by atoms with Crippen LogP contribution in [0.15, 0.2) is 6.07 Å². The lowest BCUT2D eigenvalue weighted by Crippen LogP contribution is -2.27. The number of aromatic nitrogens is 1. The first kappa shape index (κ1) is 13.5.